The summed E-state index contributed by atoms with van der Waals surface area (Å²) in [6.07, 6.45) is 0.373. The standard InChI is InChI=1S/C9H10N2O6S2/c1-3-4-6-9(18(12,13)11(6)2)8-5(10)7(4)16-19(14,15)17-8/h3,10H2,1-2H3. The molecule has 0 unspecified atom stereocenters. The first kappa shape index (κ1) is 12.4. The minimum Gasteiger partial charge on any atom is -0.393 e. The van der Waals surface area contributed by atoms with Gasteiger partial charge in [-0.1, -0.05) is 6.92 Å². The van der Waals surface area contributed by atoms with Crippen molar-refractivity contribution < 1.29 is 25.2 Å². The molecule has 0 atom stereocenters. The van der Waals surface area contributed by atoms with Gasteiger partial charge >= 0.3 is 10.4 Å². The van der Waals surface area contributed by atoms with Crippen LogP contribution in [0.5, 0.6) is 11.5 Å². The van der Waals surface area contributed by atoms with E-state index in [0.717, 1.165) is 4.31 Å². The summed E-state index contributed by atoms with van der Waals surface area (Å²) in [7, 11) is -6.69. The van der Waals surface area contributed by atoms with Crippen LogP contribution in [0.3, 0.4) is 0 Å². The molecule has 0 aliphatic carbocycles. The van der Waals surface area contributed by atoms with E-state index in [1.807, 2.05) is 0 Å². The molecule has 0 fully saturated rings. The fourth-order valence-electron chi connectivity index (χ4n) is 2.26. The Balaban J connectivity index is 2.47. The SMILES string of the molecule is CCc1c2c(N)c(c3c1N(C)S3(=O)=O)OS(=O)(=O)O2. The summed E-state index contributed by atoms with van der Waals surface area (Å²) < 4.78 is 57.1. The second-order valence-corrected chi connectivity index (χ2v) is 7.19. The molecule has 0 saturated carbocycles. The highest BCUT2D eigenvalue weighted by Crippen LogP contribution is 2.57. The van der Waals surface area contributed by atoms with Gasteiger partial charge in [-0.3, -0.25) is 4.31 Å². The lowest BCUT2D eigenvalue weighted by Gasteiger charge is -2.37. The van der Waals surface area contributed by atoms with Gasteiger partial charge < -0.3 is 14.1 Å². The van der Waals surface area contributed by atoms with Gasteiger partial charge in [0.1, 0.15) is 5.69 Å². The third kappa shape index (κ3) is 1.32. The summed E-state index contributed by atoms with van der Waals surface area (Å²) in [6, 6.07) is 0. The molecule has 19 heavy (non-hydrogen) atoms. The van der Waals surface area contributed by atoms with Gasteiger partial charge in [0.05, 0.1) is 5.69 Å². The van der Waals surface area contributed by atoms with Crippen LogP contribution < -0.4 is 18.4 Å². The number of hydrogen-bond donors (Lipinski definition) is 1. The number of benzene rings is 1. The molecule has 0 radical (unpaired) electrons. The number of hydrogen-bond acceptors (Lipinski definition) is 7. The number of anilines is 2. The molecule has 1 aromatic rings. The summed E-state index contributed by atoms with van der Waals surface area (Å²) in [4.78, 5) is -0.194. The predicted octanol–water partition coefficient (Wildman–Crippen LogP) is -0.0143. The maximum absolute atomic E-state index is 11.9. The average molecular weight is 306 g/mol. The number of nitrogens with zero attached hydrogens (tertiary/aromatic N) is 1. The van der Waals surface area contributed by atoms with Gasteiger partial charge in [0.15, 0.2) is 16.4 Å². The Morgan fingerprint density at radius 2 is 1.74 bits per heavy atom. The van der Waals surface area contributed by atoms with Crippen LogP contribution in [-0.2, 0) is 26.8 Å². The highest BCUT2D eigenvalue weighted by molar-refractivity contribution is 7.94. The van der Waals surface area contributed by atoms with E-state index in [2.05, 4.69) is 4.18 Å². The number of rotatable bonds is 1. The molecule has 2 aliphatic heterocycles. The first-order chi connectivity index (χ1) is 8.70. The van der Waals surface area contributed by atoms with Crippen LogP contribution in [0.25, 0.3) is 0 Å². The quantitative estimate of drug-likeness (QED) is 0.725. The summed E-state index contributed by atoms with van der Waals surface area (Å²) in [6.45, 7) is 1.75. The highest BCUT2D eigenvalue weighted by atomic mass is 32.3. The van der Waals surface area contributed by atoms with Crippen molar-refractivity contribution in [1.82, 2.24) is 0 Å². The molecule has 0 aromatic heterocycles. The third-order valence-electron chi connectivity index (χ3n) is 3.13. The van der Waals surface area contributed by atoms with E-state index in [9.17, 15) is 16.8 Å². The molecule has 0 spiro atoms. The van der Waals surface area contributed by atoms with Crippen LogP contribution in [0, 0.1) is 0 Å². The first-order valence-electron chi connectivity index (χ1n) is 5.32. The zero-order valence-corrected chi connectivity index (χ0v) is 11.6. The molecule has 3 rings (SSSR count). The molecule has 2 bridgehead atoms. The average Bonchev–Trinajstić information content (AvgIpc) is 2.30. The molecule has 2 aliphatic rings. The van der Waals surface area contributed by atoms with Crippen LogP contribution >= 0.6 is 0 Å². The van der Waals surface area contributed by atoms with Gasteiger partial charge in [-0.25, -0.2) is 8.42 Å². The summed E-state index contributed by atoms with van der Waals surface area (Å²) in [5.41, 5.74) is 6.41. The second kappa shape index (κ2) is 3.25. The van der Waals surface area contributed by atoms with Crippen molar-refractivity contribution in [3.05, 3.63) is 5.56 Å². The summed E-state index contributed by atoms with van der Waals surface area (Å²) >= 11 is 0. The summed E-state index contributed by atoms with van der Waals surface area (Å²) in [5, 5.41) is 0. The Morgan fingerprint density at radius 1 is 1.16 bits per heavy atom. The summed E-state index contributed by atoms with van der Waals surface area (Å²) in [5.74, 6) is -0.421. The van der Waals surface area contributed by atoms with Crippen LogP contribution in [0.15, 0.2) is 4.90 Å². The molecule has 1 aromatic carbocycles. The molecular weight excluding hydrogens is 296 g/mol. The lowest BCUT2D eigenvalue weighted by molar-refractivity contribution is 0.373. The number of fused-ring (bicyclic) bond motifs is 4. The first-order valence-corrected chi connectivity index (χ1v) is 8.09. The topological polar surface area (TPSA) is 116 Å². The van der Waals surface area contributed by atoms with Gasteiger partial charge in [-0.15, -0.1) is 8.42 Å². The lowest BCUT2D eigenvalue weighted by atomic mass is 10.1. The van der Waals surface area contributed by atoms with Gasteiger partial charge in [0, 0.05) is 12.6 Å². The van der Waals surface area contributed by atoms with Crippen LogP contribution in [0.1, 0.15) is 12.5 Å². The van der Waals surface area contributed by atoms with Crippen molar-refractivity contribution in [2.75, 3.05) is 17.1 Å². The molecular formula is C9H10N2O6S2. The number of nitrogens with two attached hydrogens (primary N) is 1. The monoisotopic (exact) mass is 306 g/mol. The Kier molecular flexibility index (Phi) is 2.12. The minimum absolute atomic E-state index is 0.0516. The van der Waals surface area contributed by atoms with Crippen molar-refractivity contribution in [2.45, 2.75) is 18.2 Å². The van der Waals surface area contributed by atoms with Gasteiger partial charge in [-0.05, 0) is 6.42 Å². The van der Waals surface area contributed by atoms with Crippen molar-refractivity contribution in [3.63, 3.8) is 0 Å². The molecule has 8 nitrogen and oxygen atoms in total. The van der Waals surface area contributed by atoms with Gasteiger partial charge in [0.2, 0.25) is 0 Å². The Hall–Kier alpha value is -1.68. The smallest absolute Gasteiger partial charge is 0.393 e. The van der Waals surface area contributed by atoms with Crippen LogP contribution in [-0.4, -0.2) is 23.9 Å². The van der Waals surface area contributed by atoms with E-state index >= 15 is 0 Å². The van der Waals surface area contributed by atoms with Crippen LogP contribution in [0.2, 0.25) is 0 Å². The largest absolute Gasteiger partial charge is 0.501 e. The van der Waals surface area contributed by atoms with Crippen molar-refractivity contribution in [3.8, 4) is 11.5 Å². The van der Waals surface area contributed by atoms with Gasteiger partial charge in [-0.2, -0.15) is 0 Å². The predicted molar refractivity (Wildman–Crippen MR) is 66.0 cm³/mol. The third-order valence-corrected chi connectivity index (χ3v) is 5.67. The lowest BCUT2D eigenvalue weighted by Crippen LogP contribution is -2.40. The minimum atomic E-state index is -4.32. The van der Waals surface area contributed by atoms with E-state index in [4.69, 9.17) is 9.92 Å². The molecule has 104 valence electrons. The Bertz CT molecular complexity index is 812. The van der Waals surface area contributed by atoms with E-state index in [0.29, 0.717) is 17.7 Å². The van der Waals surface area contributed by atoms with E-state index in [1.165, 1.54) is 7.05 Å². The maximum atomic E-state index is 11.9. The van der Waals surface area contributed by atoms with E-state index in [1.54, 1.807) is 6.92 Å². The maximum Gasteiger partial charge on any atom is 0.501 e. The second-order valence-electron chi connectivity index (χ2n) is 4.13. The molecule has 10 heteroatoms. The zero-order chi connectivity index (χ0) is 14.2. The van der Waals surface area contributed by atoms with Crippen molar-refractivity contribution in [2.24, 2.45) is 0 Å². The fourth-order valence-corrected chi connectivity index (χ4v) is 4.59. The fraction of sp³-hybridized carbons (Fsp3) is 0.333. The molecule has 0 saturated heterocycles. The zero-order valence-electron chi connectivity index (χ0n) is 10.00. The van der Waals surface area contributed by atoms with E-state index < -0.39 is 20.4 Å². The molecule has 2 N–H and O–H groups in total. The Labute approximate surface area is 110 Å². The molecule has 0 amide bonds. The Morgan fingerprint density at radius 3 is 2.32 bits per heavy atom. The van der Waals surface area contributed by atoms with Crippen LogP contribution in [0.4, 0.5) is 11.4 Å². The molecule has 2 heterocycles. The van der Waals surface area contributed by atoms with Crippen molar-refractivity contribution in [1.29, 1.82) is 0 Å². The normalized spacial score (nSPS) is 20.8. The highest BCUT2D eigenvalue weighted by Gasteiger charge is 2.49. The number of sulfonamides is 1. The van der Waals surface area contributed by atoms with E-state index in [-0.39, 0.29) is 22.1 Å². The van der Waals surface area contributed by atoms with Gasteiger partial charge in [0.25, 0.3) is 10.0 Å². The number of nitrogen functional groups attached to an aromatic ring is 1. The van der Waals surface area contributed by atoms with Crippen molar-refractivity contribution >= 4 is 31.8 Å².